The van der Waals surface area contributed by atoms with Crippen molar-refractivity contribution in [2.24, 2.45) is 0 Å². The fourth-order valence-corrected chi connectivity index (χ4v) is 2.26. The summed E-state index contributed by atoms with van der Waals surface area (Å²) in [5.74, 6) is -1.99. The molecule has 114 valence electrons. The van der Waals surface area contributed by atoms with Crippen molar-refractivity contribution < 1.29 is 23.0 Å². The van der Waals surface area contributed by atoms with E-state index in [0.29, 0.717) is 24.7 Å². The molecule has 3 rings (SSSR count). The van der Waals surface area contributed by atoms with Gasteiger partial charge in [0.25, 0.3) is 5.91 Å². The summed E-state index contributed by atoms with van der Waals surface area (Å²) in [4.78, 5) is 12.1. The van der Waals surface area contributed by atoms with Gasteiger partial charge in [0.15, 0.2) is 11.5 Å². The third-order valence-electron chi connectivity index (χ3n) is 3.07. The Balaban J connectivity index is 1.91. The van der Waals surface area contributed by atoms with Crippen molar-refractivity contribution in [1.82, 2.24) is 0 Å². The average Bonchev–Trinajstić information content (AvgIpc) is 2.48. The van der Waals surface area contributed by atoms with Crippen LogP contribution in [-0.4, -0.2) is 19.1 Å². The minimum atomic E-state index is -0.953. The lowest BCUT2D eigenvalue weighted by Gasteiger charge is -2.20. The van der Waals surface area contributed by atoms with Crippen molar-refractivity contribution in [2.75, 3.05) is 18.5 Å². The van der Waals surface area contributed by atoms with E-state index in [4.69, 9.17) is 21.1 Å². The molecule has 0 fully saturated rings. The predicted octanol–water partition coefficient (Wildman–Crippen LogP) is 3.64. The SMILES string of the molecule is O=C(Nc1cc2c(cc1Cl)OCCO2)c1c(F)cccc1F. The van der Waals surface area contributed by atoms with E-state index in [-0.39, 0.29) is 10.7 Å². The number of amides is 1. The van der Waals surface area contributed by atoms with E-state index in [1.165, 1.54) is 18.2 Å². The number of halogens is 3. The maximum Gasteiger partial charge on any atom is 0.261 e. The Labute approximate surface area is 129 Å². The molecule has 0 radical (unpaired) electrons. The maximum absolute atomic E-state index is 13.6. The summed E-state index contributed by atoms with van der Waals surface area (Å²) in [6.07, 6.45) is 0. The third-order valence-corrected chi connectivity index (χ3v) is 3.38. The van der Waals surface area contributed by atoms with Crippen LogP contribution in [0.25, 0.3) is 0 Å². The van der Waals surface area contributed by atoms with Gasteiger partial charge < -0.3 is 14.8 Å². The van der Waals surface area contributed by atoms with Crippen LogP contribution in [0.15, 0.2) is 30.3 Å². The lowest BCUT2D eigenvalue weighted by atomic mass is 10.1. The van der Waals surface area contributed by atoms with E-state index in [1.54, 1.807) is 0 Å². The lowest BCUT2D eigenvalue weighted by Crippen LogP contribution is -2.18. The Morgan fingerprint density at radius 3 is 2.32 bits per heavy atom. The Bertz CT molecular complexity index is 732. The Kier molecular flexibility index (Phi) is 3.85. The number of anilines is 1. The molecular formula is C15H10ClF2NO3. The summed E-state index contributed by atoms with van der Waals surface area (Å²) in [6.45, 7) is 0.763. The molecule has 0 aliphatic carbocycles. The molecule has 7 heteroatoms. The van der Waals surface area contributed by atoms with E-state index in [2.05, 4.69) is 5.32 Å². The molecule has 0 saturated heterocycles. The topological polar surface area (TPSA) is 47.6 Å². The summed E-state index contributed by atoms with van der Waals surface area (Å²) in [7, 11) is 0. The van der Waals surface area contributed by atoms with Gasteiger partial charge in [-0.3, -0.25) is 4.79 Å². The Hall–Kier alpha value is -2.34. The molecule has 0 unspecified atom stereocenters. The number of fused-ring (bicyclic) bond motifs is 1. The number of ether oxygens (including phenoxy) is 2. The standard InChI is InChI=1S/C15H10ClF2NO3/c16-8-6-12-13(22-5-4-21-12)7-11(8)19-15(20)14-9(17)2-1-3-10(14)18/h1-3,6-7H,4-5H2,(H,19,20). The van der Waals surface area contributed by atoms with Gasteiger partial charge in [0, 0.05) is 12.1 Å². The van der Waals surface area contributed by atoms with Crippen LogP contribution in [0.5, 0.6) is 11.5 Å². The van der Waals surface area contributed by atoms with E-state index < -0.39 is 23.1 Å². The first kappa shape index (κ1) is 14.6. The van der Waals surface area contributed by atoms with E-state index in [9.17, 15) is 13.6 Å². The van der Waals surface area contributed by atoms with Gasteiger partial charge in [-0.05, 0) is 12.1 Å². The molecule has 2 aromatic rings. The second kappa shape index (κ2) is 5.81. The number of hydrogen-bond donors (Lipinski definition) is 1. The van der Waals surface area contributed by atoms with Crippen molar-refractivity contribution in [3.05, 3.63) is 52.6 Å². The lowest BCUT2D eigenvalue weighted by molar-refractivity contribution is 0.101. The number of carbonyl (C=O) groups excluding carboxylic acids is 1. The molecule has 1 aliphatic heterocycles. The predicted molar refractivity (Wildman–Crippen MR) is 76.8 cm³/mol. The highest BCUT2D eigenvalue weighted by atomic mass is 35.5. The summed E-state index contributed by atoms with van der Waals surface area (Å²) in [5.41, 5.74) is -0.493. The third kappa shape index (κ3) is 2.69. The zero-order valence-electron chi connectivity index (χ0n) is 11.2. The molecule has 1 N–H and O–H groups in total. The van der Waals surface area contributed by atoms with Crippen LogP contribution in [0.2, 0.25) is 5.02 Å². The van der Waals surface area contributed by atoms with E-state index >= 15 is 0 Å². The first-order chi connectivity index (χ1) is 10.6. The van der Waals surface area contributed by atoms with Gasteiger partial charge in [-0.2, -0.15) is 0 Å². The number of hydrogen-bond acceptors (Lipinski definition) is 3. The fraction of sp³-hybridized carbons (Fsp3) is 0.133. The van der Waals surface area contributed by atoms with Crippen LogP contribution in [0, 0.1) is 11.6 Å². The van der Waals surface area contributed by atoms with Gasteiger partial charge in [0.1, 0.15) is 30.4 Å². The molecule has 0 saturated carbocycles. The minimum Gasteiger partial charge on any atom is -0.486 e. The normalized spacial score (nSPS) is 12.9. The molecule has 4 nitrogen and oxygen atoms in total. The second-order valence-corrected chi connectivity index (χ2v) is 4.93. The molecule has 0 spiro atoms. The molecule has 0 aromatic heterocycles. The maximum atomic E-state index is 13.6. The Morgan fingerprint density at radius 2 is 1.68 bits per heavy atom. The zero-order valence-corrected chi connectivity index (χ0v) is 11.9. The highest BCUT2D eigenvalue weighted by Crippen LogP contribution is 2.38. The molecular weight excluding hydrogens is 316 g/mol. The molecule has 0 bridgehead atoms. The van der Waals surface area contributed by atoms with Crippen molar-refractivity contribution in [3.8, 4) is 11.5 Å². The minimum absolute atomic E-state index is 0.175. The summed E-state index contributed by atoms with van der Waals surface area (Å²) in [5, 5.41) is 2.55. The molecule has 1 heterocycles. The largest absolute Gasteiger partial charge is 0.486 e. The van der Waals surface area contributed by atoms with Gasteiger partial charge in [-0.25, -0.2) is 8.78 Å². The average molecular weight is 326 g/mol. The number of nitrogens with one attached hydrogen (secondary N) is 1. The zero-order chi connectivity index (χ0) is 15.7. The van der Waals surface area contributed by atoms with Gasteiger partial charge in [0.05, 0.1) is 10.7 Å². The summed E-state index contributed by atoms with van der Waals surface area (Å²) >= 11 is 6.03. The molecule has 0 atom stereocenters. The van der Waals surface area contributed by atoms with Crippen LogP contribution < -0.4 is 14.8 Å². The van der Waals surface area contributed by atoms with Crippen molar-refractivity contribution >= 4 is 23.2 Å². The van der Waals surface area contributed by atoms with Crippen molar-refractivity contribution in [3.63, 3.8) is 0 Å². The first-order valence-electron chi connectivity index (χ1n) is 6.41. The van der Waals surface area contributed by atoms with Crippen LogP contribution in [0.3, 0.4) is 0 Å². The Morgan fingerprint density at radius 1 is 1.09 bits per heavy atom. The van der Waals surface area contributed by atoms with Gasteiger partial charge in [-0.1, -0.05) is 17.7 Å². The number of benzene rings is 2. The fourth-order valence-electron chi connectivity index (χ4n) is 2.06. The van der Waals surface area contributed by atoms with Crippen LogP contribution in [0.1, 0.15) is 10.4 Å². The smallest absolute Gasteiger partial charge is 0.261 e. The van der Waals surface area contributed by atoms with Gasteiger partial charge in [-0.15, -0.1) is 0 Å². The summed E-state index contributed by atoms with van der Waals surface area (Å²) < 4.78 is 37.9. The van der Waals surface area contributed by atoms with E-state index in [1.807, 2.05) is 0 Å². The van der Waals surface area contributed by atoms with Gasteiger partial charge in [0.2, 0.25) is 0 Å². The van der Waals surface area contributed by atoms with Crippen LogP contribution in [-0.2, 0) is 0 Å². The molecule has 2 aromatic carbocycles. The second-order valence-electron chi connectivity index (χ2n) is 4.53. The monoisotopic (exact) mass is 325 g/mol. The van der Waals surface area contributed by atoms with E-state index in [0.717, 1.165) is 12.1 Å². The molecule has 22 heavy (non-hydrogen) atoms. The van der Waals surface area contributed by atoms with Crippen LogP contribution >= 0.6 is 11.6 Å². The first-order valence-corrected chi connectivity index (χ1v) is 6.78. The molecule has 1 aliphatic rings. The number of rotatable bonds is 2. The summed E-state index contributed by atoms with van der Waals surface area (Å²) in [6, 6.07) is 6.11. The quantitative estimate of drug-likeness (QED) is 0.917. The van der Waals surface area contributed by atoms with Crippen molar-refractivity contribution in [2.45, 2.75) is 0 Å². The van der Waals surface area contributed by atoms with Crippen LogP contribution in [0.4, 0.5) is 14.5 Å². The van der Waals surface area contributed by atoms with Crippen molar-refractivity contribution in [1.29, 1.82) is 0 Å². The highest BCUT2D eigenvalue weighted by Gasteiger charge is 2.20. The number of carbonyl (C=O) groups is 1. The van der Waals surface area contributed by atoms with Gasteiger partial charge >= 0.3 is 0 Å². The molecule has 1 amide bonds. The highest BCUT2D eigenvalue weighted by molar-refractivity contribution is 6.34.